The van der Waals surface area contributed by atoms with Gasteiger partial charge in [-0.3, -0.25) is 0 Å². The summed E-state index contributed by atoms with van der Waals surface area (Å²) in [5, 5.41) is 5.23. The van der Waals surface area contributed by atoms with E-state index < -0.39 is 0 Å². The lowest BCUT2D eigenvalue weighted by molar-refractivity contribution is 0.415. The number of thiophene rings is 1. The van der Waals surface area contributed by atoms with Crippen molar-refractivity contribution in [3.8, 4) is 5.75 Å². The maximum atomic E-state index is 6.32. The third kappa shape index (κ3) is 2.81. The SMILES string of the molecule is COc1ccc(Cl)c(Nc2nc(Cl)nc3sc4c(c23)CCCC4)c1. The highest BCUT2D eigenvalue weighted by Crippen LogP contribution is 2.40. The Labute approximate surface area is 153 Å². The van der Waals surface area contributed by atoms with Crippen LogP contribution in [0.25, 0.3) is 10.2 Å². The number of ether oxygens (including phenoxy) is 1. The van der Waals surface area contributed by atoms with Gasteiger partial charge in [0.05, 0.1) is 23.2 Å². The van der Waals surface area contributed by atoms with Gasteiger partial charge >= 0.3 is 0 Å². The Morgan fingerprint density at radius 1 is 1.17 bits per heavy atom. The molecule has 1 N–H and O–H groups in total. The first kappa shape index (κ1) is 15.9. The number of nitrogens with zero attached hydrogens (tertiary/aromatic N) is 2. The van der Waals surface area contributed by atoms with E-state index in [1.165, 1.54) is 23.3 Å². The van der Waals surface area contributed by atoms with Gasteiger partial charge in [0.15, 0.2) is 0 Å². The Balaban J connectivity index is 1.86. The van der Waals surface area contributed by atoms with Crippen LogP contribution < -0.4 is 10.1 Å². The zero-order chi connectivity index (χ0) is 16.7. The van der Waals surface area contributed by atoms with E-state index in [-0.39, 0.29) is 5.28 Å². The maximum Gasteiger partial charge on any atom is 0.225 e. The van der Waals surface area contributed by atoms with Crippen molar-refractivity contribution in [2.75, 3.05) is 12.4 Å². The van der Waals surface area contributed by atoms with Crippen molar-refractivity contribution in [2.24, 2.45) is 0 Å². The molecule has 4 rings (SSSR count). The number of methoxy groups -OCH3 is 1. The molecule has 124 valence electrons. The second-order valence-electron chi connectivity index (χ2n) is 5.70. The molecule has 7 heteroatoms. The van der Waals surface area contributed by atoms with E-state index in [0.29, 0.717) is 10.8 Å². The number of hydrogen-bond acceptors (Lipinski definition) is 5. The molecule has 24 heavy (non-hydrogen) atoms. The molecule has 0 radical (unpaired) electrons. The molecule has 1 aromatic carbocycles. The molecular formula is C17H15Cl2N3OS. The molecule has 1 aliphatic rings. The average molecular weight is 380 g/mol. The van der Waals surface area contributed by atoms with Crippen LogP contribution in [0, 0.1) is 0 Å². The first-order chi connectivity index (χ1) is 11.7. The molecule has 0 saturated heterocycles. The molecule has 0 saturated carbocycles. The van der Waals surface area contributed by atoms with E-state index in [1.807, 2.05) is 12.1 Å². The average Bonchev–Trinajstić information content (AvgIpc) is 2.94. The molecule has 0 atom stereocenters. The molecule has 1 aliphatic carbocycles. The lowest BCUT2D eigenvalue weighted by Crippen LogP contribution is -2.02. The Morgan fingerprint density at radius 3 is 2.83 bits per heavy atom. The number of benzene rings is 1. The number of hydrogen-bond donors (Lipinski definition) is 1. The second-order valence-corrected chi connectivity index (χ2v) is 7.53. The summed E-state index contributed by atoms with van der Waals surface area (Å²) in [4.78, 5) is 11.2. The monoisotopic (exact) mass is 379 g/mol. The first-order valence-corrected chi connectivity index (χ1v) is 9.31. The van der Waals surface area contributed by atoms with Gasteiger partial charge in [0.2, 0.25) is 5.28 Å². The van der Waals surface area contributed by atoms with Gasteiger partial charge in [-0.15, -0.1) is 11.3 Å². The predicted octanol–water partition coefficient (Wildman–Crippen LogP) is 5.63. The van der Waals surface area contributed by atoms with Crippen LogP contribution in [0.3, 0.4) is 0 Å². The lowest BCUT2D eigenvalue weighted by atomic mass is 9.97. The summed E-state index contributed by atoms with van der Waals surface area (Å²) in [5.74, 6) is 1.44. The topological polar surface area (TPSA) is 47.0 Å². The minimum Gasteiger partial charge on any atom is -0.497 e. The molecule has 0 amide bonds. The van der Waals surface area contributed by atoms with E-state index in [9.17, 15) is 0 Å². The molecule has 0 bridgehead atoms. The summed E-state index contributed by atoms with van der Waals surface area (Å²) in [7, 11) is 1.63. The van der Waals surface area contributed by atoms with Crippen molar-refractivity contribution in [3.05, 3.63) is 38.9 Å². The summed E-state index contributed by atoms with van der Waals surface area (Å²) in [6.45, 7) is 0. The third-order valence-corrected chi connectivity index (χ3v) is 5.90. The molecule has 0 aliphatic heterocycles. The fraction of sp³-hybridized carbons (Fsp3) is 0.294. The number of halogens is 2. The Morgan fingerprint density at radius 2 is 2.00 bits per heavy atom. The third-order valence-electron chi connectivity index (χ3n) is 4.21. The van der Waals surface area contributed by atoms with E-state index in [1.54, 1.807) is 24.5 Å². The Bertz CT molecular complexity index is 926. The van der Waals surface area contributed by atoms with Crippen LogP contribution in [0.4, 0.5) is 11.5 Å². The zero-order valence-electron chi connectivity index (χ0n) is 13.0. The molecule has 0 fully saturated rings. The first-order valence-electron chi connectivity index (χ1n) is 7.74. The molecule has 4 nitrogen and oxygen atoms in total. The van der Waals surface area contributed by atoms with Crippen molar-refractivity contribution in [1.82, 2.24) is 9.97 Å². The highest BCUT2D eigenvalue weighted by Gasteiger charge is 2.21. The quantitative estimate of drug-likeness (QED) is 0.599. The smallest absolute Gasteiger partial charge is 0.225 e. The van der Waals surface area contributed by atoms with Crippen LogP contribution in [0.1, 0.15) is 23.3 Å². The van der Waals surface area contributed by atoms with Crippen LogP contribution in [0.5, 0.6) is 5.75 Å². The van der Waals surface area contributed by atoms with Crippen LogP contribution in [-0.4, -0.2) is 17.1 Å². The normalized spacial score (nSPS) is 13.8. The minimum atomic E-state index is 0.239. The number of rotatable bonds is 3. The molecule has 0 spiro atoms. The van der Waals surface area contributed by atoms with Crippen LogP contribution in [0.15, 0.2) is 18.2 Å². The lowest BCUT2D eigenvalue weighted by Gasteiger charge is -2.14. The second kappa shape index (κ2) is 6.39. The van der Waals surface area contributed by atoms with Gasteiger partial charge in [-0.25, -0.2) is 4.98 Å². The molecular weight excluding hydrogens is 365 g/mol. The van der Waals surface area contributed by atoms with E-state index in [4.69, 9.17) is 27.9 Å². The summed E-state index contributed by atoms with van der Waals surface area (Å²) in [6, 6.07) is 5.47. The Kier molecular flexibility index (Phi) is 4.24. The van der Waals surface area contributed by atoms with Crippen molar-refractivity contribution < 1.29 is 4.74 Å². The summed E-state index contributed by atoms with van der Waals surface area (Å²) in [5.41, 5.74) is 2.09. The predicted molar refractivity (Wildman–Crippen MR) is 100 cm³/mol. The number of fused-ring (bicyclic) bond motifs is 3. The molecule has 3 aromatic rings. The van der Waals surface area contributed by atoms with Crippen LogP contribution >= 0.6 is 34.5 Å². The van der Waals surface area contributed by atoms with E-state index >= 15 is 0 Å². The van der Waals surface area contributed by atoms with Crippen molar-refractivity contribution in [1.29, 1.82) is 0 Å². The van der Waals surface area contributed by atoms with Crippen molar-refractivity contribution in [3.63, 3.8) is 0 Å². The van der Waals surface area contributed by atoms with Gasteiger partial charge < -0.3 is 10.1 Å². The van der Waals surface area contributed by atoms with Crippen molar-refractivity contribution in [2.45, 2.75) is 25.7 Å². The molecule has 2 heterocycles. The van der Waals surface area contributed by atoms with Crippen molar-refractivity contribution >= 4 is 56.3 Å². The number of nitrogens with one attached hydrogen (secondary N) is 1. The summed E-state index contributed by atoms with van der Waals surface area (Å²) < 4.78 is 5.28. The van der Waals surface area contributed by atoms with Crippen LogP contribution in [-0.2, 0) is 12.8 Å². The van der Waals surface area contributed by atoms with Gasteiger partial charge in [-0.05, 0) is 55.0 Å². The van der Waals surface area contributed by atoms with Gasteiger partial charge in [0.25, 0.3) is 0 Å². The molecule has 0 unspecified atom stereocenters. The van der Waals surface area contributed by atoms with Gasteiger partial charge in [-0.1, -0.05) is 11.6 Å². The van der Waals surface area contributed by atoms with E-state index in [2.05, 4.69) is 15.3 Å². The number of anilines is 2. The fourth-order valence-electron chi connectivity index (χ4n) is 3.08. The highest BCUT2D eigenvalue weighted by atomic mass is 35.5. The van der Waals surface area contributed by atoms with Gasteiger partial charge in [0.1, 0.15) is 16.4 Å². The molecule has 2 aromatic heterocycles. The van der Waals surface area contributed by atoms with Gasteiger partial charge in [0, 0.05) is 10.9 Å². The number of aromatic nitrogens is 2. The summed E-state index contributed by atoms with van der Waals surface area (Å²) >= 11 is 14.2. The van der Waals surface area contributed by atoms with Gasteiger partial charge in [-0.2, -0.15) is 4.98 Å². The maximum absolute atomic E-state index is 6.32. The largest absolute Gasteiger partial charge is 0.497 e. The minimum absolute atomic E-state index is 0.239. The van der Waals surface area contributed by atoms with Crippen LogP contribution in [0.2, 0.25) is 10.3 Å². The summed E-state index contributed by atoms with van der Waals surface area (Å²) in [6.07, 6.45) is 4.58. The fourth-order valence-corrected chi connectivity index (χ4v) is 4.72. The highest BCUT2D eigenvalue weighted by molar-refractivity contribution is 7.19. The number of aryl methyl sites for hydroxylation is 2. The van der Waals surface area contributed by atoms with E-state index in [0.717, 1.165) is 34.5 Å². The zero-order valence-corrected chi connectivity index (χ0v) is 15.4. The Hall–Kier alpha value is -1.56. The standard InChI is InChI=1S/C17H15Cl2N3OS/c1-23-9-6-7-11(18)12(8-9)20-15-14-10-4-2-3-5-13(10)24-16(14)22-17(19)21-15/h6-8H,2-5H2,1H3,(H,20,21,22).